The van der Waals surface area contributed by atoms with Crippen molar-refractivity contribution in [3.8, 4) is 28.3 Å². The van der Waals surface area contributed by atoms with E-state index in [2.05, 4.69) is 144 Å². The molecule has 0 amide bonds. The normalized spacial score (nSPS) is 11.8. The van der Waals surface area contributed by atoms with Gasteiger partial charge in [-0.25, -0.2) is 9.97 Å². The molecule has 3 aromatic heterocycles. The first-order valence-corrected chi connectivity index (χ1v) is 14.9. The summed E-state index contributed by atoms with van der Waals surface area (Å²) < 4.78 is 4.85. The van der Waals surface area contributed by atoms with Crippen LogP contribution in [0.25, 0.3) is 81.2 Å². The fourth-order valence-corrected chi connectivity index (χ4v) is 7.53. The van der Waals surface area contributed by atoms with Gasteiger partial charge in [0, 0.05) is 53.1 Å². The van der Waals surface area contributed by atoms with E-state index in [4.69, 9.17) is 9.97 Å². The second-order valence-electron chi connectivity index (χ2n) is 10.6. The molecule has 196 valence electrons. The molecule has 0 saturated carbocycles. The quantitative estimate of drug-likeness (QED) is 0.218. The first kappa shape index (κ1) is 23.4. The third kappa shape index (κ3) is 3.46. The van der Waals surface area contributed by atoms with Crippen LogP contribution in [0.5, 0.6) is 0 Å². The number of para-hydroxylation sites is 3. The van der Waals surface area contributed by atoms with E-state index in [0.29, 0.717) is 0 Å². The van der Waals surface area contributed by atoms with Gasteiger partial charge in [0.05, 0.1) is 22.2 Å². The van der Waals surface area contributed by atoms with Crippen LogP contribution in [0.3, 0.4) is 0 Å². The van der Waals surface area contributed by atoms with Gasteiger partial charge in [-0.15, -0.1) is 11.3 Å². The molecule has 3 heterocycles. The molecular formula is C38H23N3S. The Labute approximate surface area is 246 Å². The molecule has 0 atom stereocenters. The molecule has 0 fully saturated rings. The fourth-order valence-electron chi connectivity index (χ4n) is 6.32. The van der Waals surface area contributed by atoms with Gasteiger partial charge in [-0.3, -0.25) is 0 Å². The van der Waals surface area contributed by atoms with Crippen molar-refractivity contribution >= 4 is 64.2 Å². The lowest BCUT2D eigenvalue weighted by Gasteiger charge is -2.11. The summed E-state index contributed by atoms with van der Waals surface area (Å²) in [5.74, 6) is 0.757. The summed E-state index contributed by atoms with van der Waals surface area (Å²) in [6.07, 6.45) is 0. The number of rotatable bonds is 3. The molecule has 0 N–H and O–H groups in total. The maximum absolute atomic E-state index is 5.30. The zero-order valence-electron chi connectivity index (χ0n) is 22.5. The number of hydrogen-bond donors (Lipinski definition) is 0. The molecule has 0 bridgehead atoms. The van der Waals surface area contributed by atoms with Gasteiger partial charge in [-0.05, 0) is 48.5 Å². The lowest BCUT2D eigenvalue weighted by Crippen LogP contribution is -1.96. The number of thiophene rings is 1. The SMILES string of the molecule is c1ccc(-n2c3ccccc3c3cc(-c4nc(-c5cccc6c5sc5ccccc56)nc5ccccc45)ccc32)cc1. The topological polar surface area (TPSA) is 30.7 Å². The molecular weight excluding hydrogens is 531 g/mol. The van der Waals surface area contributed by atoms with Crippen LogP contribution in [0.2, 0.25) is 0 Å². The number of aromatic nitrogens is 3. The smallest absolute Gasteiger partial charge is 0.161 e. The minimum absolute atomic E-state index is 0.757. The van der Waals surface area contributed by atoms with Crippen molar-refractivity contribution in [3.05, 3.63) is 140 Å². The highest BCUT2D eigenvalue weighted by Gasteiger charge is 2.18. The predicted molar refractivity (Wildman–Crippen MR) is 178 cm³/mol. The molecule has 0 aliphatic carbocycles. The second kappa shape index (κ2) is 9.10. The number of fused-ring (bicyclic) bond motifs is 7. The lowest BCUT2D eigenvalue weighted by molar-refractivity contribution is 1.18. The maximum atomic E-state index is 5.30. The van der Waals surface area contributed by atoms with Crippen LogP contribution >= 0.6 is 11.3 Å². The fraction of sp³-hybridized carbons (Fsp3) is 0. The van der Waals surface area contributed by atoms with Crippen LogP contribution in [0, 0.1) is 0 Å². The first-order valence-electron chi connectivity index (χ1n) is 14.1. The van der Waals surface area contributed by atoms with Crippen molar-refractivity contribution in [2.45, 2.75) is 0 Å². The molecule has 0 unspecified atom stereocenters. The Kier molecular flexibility index (Phi) is 5.07. The van der Waals surface area contributed by atoms with Crippen LogP contribution < -0.4 is 0 Å². The van der Waals surface area contributed by atoms with E-state index in [0.717, 1.165) is 39.2 Å². The molecule has 9 aromatic rings. The van der Waals surface area contributed by atoms with Crippen LogP contribution in [0.15, 0.2) is 140 Å². The van der Waals surface area contributed by atoms with Crippen LogP contribution in [-0.2, 0) is 0 Å². The summed E-state index contributed by atoms with van der Waals surface area (Å²) in [6, 6.07) is 49.4. The Morgan fingerprint density at radius 3 is 2.12 bits per heavy atom. The molecule has 0 radical (unpaired) electrons. The maximum Gasteiger partial charge on any atom is 0.161 e. The summed E-state index contributed by atoms with van der Waals surface area (Å²) in [6.45, 7) is 0. The van der Waals surface area contributed by atoms with E-state index in [1.165, 1.54) is 42.0 Å². The summed E-state index contributed by atoms with van der Waals surface area (Å²) in [5, 5.41) is 6.02. The second-order valence-corrected chi connectivity index (χ2v) is 11.7. The van der Waals surface area contributed by atoms with Gasteiger partial charge in [-0.1, -0.05) is 91.0 Å². The minimum atomic E-state index is 0.757. The number of hydrogen-bond acceptors (Lipinski definition) is 3. The zero-order chi connectivity index (χ0) is 27.6. The first-order chi connectivity index (χ1) is 20.8. The highest BCUT2D eigenvalue weighted by molar-refractivity contribution is 7.26. The average Bonchev–Trinajstić information content (AvgIpc) is 3.60. The molecule has 42 heavy (non-hydrogen) atoms. The molecule has 6 aromatic carbocycles. The molecule has 0 saturated heterocycles. The Morgan fingerprint density at radius 1 is 0.500 bits per heavy atom. The molecule has 9 rings (SSSR count). The highest BCUT2D eigenvalue weighted by atomic mass is 32.1. The predicted octanol–water partition coefficient (Wildman–Crippen LogP) is 10.4. The van der Waals surface area contributed by atoms with E-state index in [1.54, 1.807) is 0 Å². The molecule has 0 aliphatic heterocycles. The van der Waals surface area contributed by atoms with Crippen LogP contribution in [0.1, 0.15) is 0 Å². The summed E-state index contributed by atoms with van der Waals surface area (Å²) >= 11 is 1.81. The third-order valence-electron chi connectivity index (χ3n) is 8.21. The van der Waals surface area contributed by atoms with E-state index in [9.17, 15) is 0 Å². The summed E-state index contributed by atoms with van der Waals surface area (Å²) in [7, 11) is 0. The van der Waals surface area contributed by atoms with Crippen molar-refractivity contribution in [2.75, 3.05) is 0 Å². The minimum Gasteiger partial charge on any atom is -0.309 e. The summed E-state index contributed by atoms with van der Waals surface area (Å²) in [5.41, 5.74) is 7.59. The lowest BCUT2D eigenvalue weighted by atomic mass is 10.0. The van der Waals surface area contributed by atoms with Gasteiger partial charge in [0.2, 0.25) is 0 Å². The highest BCUT2D eigenvalue weighted by Crippen LogP contribution is 2.41. The number of nitrogens with zero attached hydrogens (tertiary/aromatic N) is 3. The Hall–Kier alpha value is -5.32. The van der Waals surface area contributed by atoms with Gasteiger partial charge in [0.15, 0.2) is 5.82 Å². The monoisotopic (exact) mass is 553 g/mol. The Bertz CT molecular complexity index is 2470. The van der Waals surface area contributed by atoms with Gasteiger partial charge < -0.3 is 4.57 Å². The number of benzene rings is 6. The molecule has 4 heteroatoms. The van der Waals surface area contributed by atoms with E-state index >= 15 is 0 Å². The van der Waals surface area contributed by atoms with Crippen molar-refractivity contribution in [1.29, 1.82) is 0 Å². The Morgan fingerprint density at radius 2 is 1.21 bits per heavy atom. The standard InChI is InChI=1S/C38H23N3S/c1-2-11-25(12-3-1)41-33-19-8-5-13-26(33)31-23-24(21-22-34(31)41)36-29-15-4-7-18-32(29)39-38(40-36)30-17-10-16-28-27-14-6-9-20-35(27)42-37(28)30/h1-23H. The van der Waals surface area contributed by atoms with E-state index in [1.807, 2.05) is 11.3 Å². The largest absolute Gasteiger partial charge is 0.309 e. The van der Waals surface area contributed by atoms with E-state index in [-0.39, 0.29) is 0 Å². The van der Waals surface area contributed by atoms with Gasteiger partial charge in [0.25, 0.3) is 0 Å². The van der Waals surface area contributed by atoms with Crippen molar-refractivity contribution in [1.82, 2.24) is 14.5 Å². The van der Waals surface area contributed by atoms with Crippen LogP contribution in [0.4, 0.5) is 0 Å². The summed E-state index contributed by atoms with van der Waals surface area (Å²) in [4.78, 5) is 10.4. The average molecular weight is 554 g/mol. The zero-order valence-corrected chi connectivity index (χ0v) is 23.3. The van der Waals surface area contributed by atoms with Crippen molar-refractivity contribution < 1.29 is 0 Å². The van der Waals surface area contributed by atoms with Gasteiger partial charge in [0.1, 0.15) is 0 Å². The van der Waals surface area contributed by atoms with Crippen molar-refractivity contribution in [2.24, 2.45) is 0 Å². The molecule has 0 spiro atoms. The van der Waals surface area contributed by atoms with Crippen LogP contribution in [-0.4, -0.2) is 14.5 Å². The van der Waals surface area contributed by atoms with Gasteiger partial charge in [-0.2, -0.15) is 0 Å². The molecule has 3 nitrogen and oxygen atoms in total. The van der Waals surface area contributed by atoms with E-state index < -0.39 is 0 Å². The molecule has 0 aliphatic rings. The van der Waals surface area contributed by atoms with Gasteiger partial charge >= 0.3 is 0 Å². The Balaban J connectivity index is 1.31. The van der Waals surface area contributed by atoms with Crippen molar-refractivity contribution in [3.63, 3.8) is 0 Å². The third-order valence-corrected chi connectivity index (χ3v) is 9.43.